The average Bonchev–Trinajstić information content (AvgIpc) is 3.55. The normalized spacial score (nSPS) is 34.0. The van der Waals surface area contributed by atoms with Crippen LogP contribution in [0.1, 0.15) is 139 Å². The summed E-state index contributed by atoms with van der Waals surface area (Å²) in [5.41, 5.74) is -0.596. The highest BCUT2D eigenvalue weighted by molar-refractivity contribution is 6.39. The first-order valence-electron chi connectivity index (χ1n) is 29.7. The van der Waals surface area contributed by atoms with Crippen molar-refractivity contribution in [2.45, 2.75) is 193 Å². The van der Waals surface area contributed by atoms with Crippen LogP contribution in [0.25, 0.3) is 0 Å². The molecule has 5 aliphatic rings. The first-order valence-corrected chi connectivity index (χ1v) is 29.7. The fourth-order valence-electron chi connectivity index (χ4n) is 11.9. The third-order valence-electron chi connectivity index (χ3n) is 17.6. The summed E-state index contributed by atoms with van der Waals surface area (Å²) in [5.74, 6) is -11.8. The van der Waals surface area contributed by atoms with Crippen LogP contribution in [0.5, 0.6) is 0 Å². The number of hydrogen-bond donors (Lipinski definition) is 3. The minimum absolute atomic E-state index is 0.0126. The number of methoxy groups -OCH3 is 3. The van der Waals surface area contributed by atoms with Gasteiger partial charge in [0.05, 0.1) is 37.4 Å². The van der Waals surface area contributed by atoms with Crippen LogP contribution < -0.4 is 0 Å². The summed E-state index contributed by atoms with van der Waals surface area (Å²) in [6.07, 6.45) is 10.6. The Kier molecular flexibility index (Phi) is 26.1. The number of nitrogens with zero attached hydrogens (tertiary/aromatic N) is 2. The third-order valence-corrected chi connectivity index (χ3v) is 17.6. The lowest BCUT2D eigenvalue weighted by molar-refractivity contribution is -0.265. The van der Waals surface area contributed by atoms with E-state index in [0.29, 0.717) is 57.8 Å². The monoisotopic (exact) mass is 1180 g/mol. The number of carbonyl (C=O) groups is 9. The molecule has 4 heterocycles. The van der Waals surface area contributed by atoms with E-state index in [0.717, 1.165) is 27.5 Å². The molecule has 4 aliphatic heterocycles. The molecule has 5 unspecified atom stereocenters. The quantitative estimate of drug-likeness (QED) is 0.0827. The van der Waals surface area contributed by atoms with Crippen molar-refractivity contribution in [3.05, 3.63) is 59.8 Å². The number of fused-ring (bicyclic) bond motifs is 3. The lowest BCUT2D eigenvalue weighted by Gasteiger charge is -2.42. The second-order valence-corrected chi connectivity index (χ2v) is 24.3. The first kappa shape index (κ1) is 69.2. The predicted octanol–water partition coefficient (Wildman–Crippen LogP) is 5.59. The van der Waals surface area contributed by atoms with Crippen LogP contribution in [0.15, 0.2) is 59.8 Å². The van der Waals surface area contributed by atoms with E-state index in [1.54, 1.807) is 40.9 Å². The van der Waals surface area contributed by atoms with Gasteiger partial charge in [-0.05, 0) is 114 Å². The van der Waals surface area contributed by atoms with Crippen LogP contribution in [0, 0.1) is 40.9 Å². The van der Waals surface area contributed by atoms with Crippen LogP contribution in [-0.2, 0) is 76.3 Å². The zero-order chi connectivity index (χ0) is 62.2. The van der Waals surface area contributed by atoms with Gasteiger partial charge in [0.25, 0.3) is 23.5 Å². The van der Waals surface area contributed by atoms with Crippen LogP contribution >= 0.6 is 0 Å². The highest BCUT2D eigenvalue weighted by Crippen LogP contribution is 2.39. The van der Waals surface area contributed by atoms with Gasteiger partial charge < -0.3 is 53.4 Å². The lowest BCUT2D eigenvalue weighted by atomic mass is 9.78. The molecule has 84 heavy (non-hydrogen) atoms. The molecular weight excluding hydrogens is 1090 g/mol. The number of esters is 3. The van der Waals surface area contributed by atoms with Crippen LogP contribution in [-0.4, -0.2) is 180 Å². The highest BCUT2D eigenvalue weighted by Gasteiger charge is 2.53. The first-order chi connectivity index (χ1) is 39.7. The maximum Gasteiger partial charge on any atom is 0.329 e. The summed E-state index contributed by atoms with van der Waals surface area (Å²) in [7, 11) is 4.37. The van der Waals surface area contributed by atoms with Gasteiger partial charge in [0, 0.05) is 77.2 Å². The van der Waals surface area contributed by atoms with Crippen molar-refractivity contribution < 1.29 is 91.6 Å². The van der Waals surface area contributed by atoms with E-state index in [1.807, 2.05) is 51.2 Å². The number of carbonyl (C=O) groups excluding carboxylic acids is 9. The average molecular weight is 1180 g/mol. The van der Waals surface area contributed by atoms with E-state index >= 15 is 0 Å². The van der Waals surface area contributed by atoms with Gasteiger partial charge in [-0.2, -0.15) is 0 Å². The summed E-state index contributed by atoms with van der Waals surface area (Å²) in [5, 5.41) is 34.0. The van der Waals surface area contributed by atoms with Crippen molar-refractivity contribution in [1.82, 2.24) is 9.80 Å². The molecule has 0 spiro atoms. The van der Waals surface area contributed by atoms with Crippen molar-refractivity contribution in [1.29, 1.82) is 0 Å². The molecule has 21 heteroatoms. The molecule has 3 amide bonds. The van der Waals surface area contributed by atoms with Crippen LogP contribution in [0.2, 0.25) is 0 Å². The molecule has 2 saturated heterocycles. The number of piperidine rings is 1. The van der Waals surface area contributed by atoms with Crippen molar-refractivity contribution in [3.63, 3.8) is 0 Å². The van der Waals surface area contributed by atoms with E-state index in [-0.39, 0.29) is 62.0 Å². The van der Waals surface area contributed by atoms with Gasteiger partial charge >= 0.3 is 17.9 Å². The standard InChI is InChI=1S/C63H92N2O19/c1-37-17-13-12-14-18-38(2)49(78-9)33-45-22-20-43(7)63(77,84-45)58(73)59(74)64-27-16-15-19-46(64)60(75)82-50(34-47(67)39(3)30-42(6)56(72)57(80-11)55(71)41(5)29-37)40(4)31-44-21-23-48(51(32-44)79-10)83-61(76)62(8,35-66)36-81-54(70)26-28-65-52(68)24-25-53(65)69/h12-14,17-18,24-25,30,37,40-46,48-51,56-57,66,72,77H,15-16,19-23,26-29,31-36H2,1-11H3/b14-12?,17-13?,38-18?,39-30+/t37?,40-,41+,42?,43+,44-,45-,46?,48+,49-,50-,51+,56+,57?,62?,63+/m0/s1. The van der Waals surface area contributed by atoms with Crippen molar-refractivity contribution >= 4 is 53.0 Å². The molecule has 21 nitrogen and oxygen atoms in total. The minimum Gasteiger partial charge on any atom is -0.464 e. The maximum absolute atomic E-state index is 14.7. The Morgan fingerprint density at radius 2 is 1.56 bits per heavy atom. The molecule has 0 aromatic rings. The number of amides is 3. The van der Waals surface area contributed by atoms with E-state index in [1.165, 1.54) is 21.1 Å². The molecule has 5 rings (SSSR count). The van der Waals surface area contributed by atoms with Gasteiger partial charge in [0.15, 0.2) is 11.6 Å². The second-order valence-electron chi connectivity index (χ2n) is 24.3. The Labute approximate surface area is 494 Å². The van der Waals surface area contributed by atoms with Gasteiger partial charge in [-0.15, -0.1) is 0 Å². The van der Waals surface area contributed by atoms with E-state index in [4.69, 9.17) is 33.2 Å². The Morgan fingerprint density at radius 3 is 2.21 bits per heavy atom. The number of ether oxygens (including phenoxy) is 7. The van der Waals surface area contributed by atoms with E-state index in [9.17, 15) is 58.5 Å². The Morgan fingerprint density at radius 1 is 0.857 bits per heavy atom. The largest absolute Gasteiger partial charge is 0.464 e. The number of aliphatic hydroxyl groups excluding tert-OH is 2. The zero-order valence-corrected chi connectivity index (χ0v) is 51.0. The summed E-state index contributed by atoms with van der Waals surface area (Å²) < 4.78 is 41.1. The molecule has 0 radical (unpaired) electrons. The Bertz CT molecular complexity index is 2500. The smallest absolute Gasteiger partial charge is 0.329 e. The molecular formula is C63H92N2O19. The number of imide groups is 1. The zero-order valence-electron chi connectivity index (χ0n) is 51.0. The molecule has 468 valence electrons. The number of ketones is 3. The molecule has 3 N–H and O–H groups in total. The molecule has 0 aromatic heterocycles. The maximum atomic E-state index is 14.7. The van der Waals surface area contributed by atoms with Gasteiger partial charge in [-0.25, -0.2) is 4.79 Å². The fourth-order valence-corrected chi connectivity index (χ4v) is 11.9. The minimum atomic E-state index is -2.50. The molecule has 2 bridgehead atoms. The molecule has 1 aliphatic carbocycles. The lowest BCUT2D eigenvalue weighted by Crippen LogP contribution is -2.61. The molecule has 3 fully saturated rings. The predicted molar refractivity (Wildman–Crippen MR) is 306 cm³/mol. The summed E-state index contributed by atoms with van der Waals surface area (Å²) >= 11 is 0. The van der Waals surface area contributed by atoms with Crippen molar-refractivity contribution in [2.24, 2.45) is 40.9 Å². The molecule has 0 aromatic carbocycles. The number of cyclic esters (lactones) is 1. The Hall–Kier alpha value is -5.55. The van der Waals surface area contributed by atoms with Crippen LogP contribution in [0.3, 0.4) is 0 Å². The topological polar surface area (TPSA) is 285 Å². The van der Waals surface area contributed by atoms with E-state index in [2.05, 4.69) is 0 Å². The van der Waals surface area contributed by atoms with Crippen molar-refractivity contribution in [3.8, 4) is 0 Å². The van der Waals surface area contributed by atoms with Gasteiger partial charge in [0.2, 0.25) is 5.79 Å². The number of hydrogen-bond acceptors (Lipinski definition) is 19. The summed E-state index contributed by atoms with van der Waals surface area (Å²) in [6, 6.07) is -1.25. The SMILES string of the molecule is COC1C(=O)[C@H](C)CC(C)C=CC=CC=C(C)[C@@H](OC)C[C@@H]2CC[C@@H](C)[C@@](O)(O2)C(=O)C(=O)N2CCCCC2C(=O)O[C@H]([C@@H](C)C[C@@H]2CC[C@@H](OC(=O)C(C)(CO)COC(=O)CCN3C(=O)C=CC3=O)[C@H](OC)C2)CC(=O)/C(C)=C/C(C)[C@H]1O. The number of rotatable bonds is 14. The second kappa shape index (κ2) is 31.7. The fraction of sp³-hybridized carbons (Fsp3) is 0.698. The highest BCUT2D eigenvalue weighted by atomic mass is 16.6. The summed E-state index contributed by atoms with van der Waals surface area (Å²) in [6.45, 7) is 12.3. The number of allylic oxidation sites excluding steroid dienone is 6. The number of Topliss-reactive ketones (excluding diaryl/α,β-unsaturated/α-hetero) is 3. The van der Waals surface area contributed by atoms with Gasteiger partial charge in [-0.3, -0.25) is 43.3 Å². The van der Waals surface area contributed by atoms with Crippen LogP contribution in [0.4, 0.5) is 0 Å². The van der Waals surface area contributed by atoms with Gasteiger partial charge in [-0.1, -0.05) is 71.1 Å². The number of aliphatic hydroxyl groups is 3. The van der Waals surface area contributed by atoms with E-state index < -0.39 is 144 Å². The van der Waals surface area contributed by atoms with Crippen molar-refractivity contribution in [2.75, 3.05) is 47.6 Å². The summed E-state index contributed by atoms with van der Waals surface area (Å²) in [4.78, 5) is 124. The third kappa shape index (κ3) is 18.0. The molecule has 1 saturated carbocycles. The Balaban J connectivity index is 1.38. The van der Waals surface area contributed by atoms with Gasteiger partial charge in [0.1, 0.15) is 36.4 Å². The molecule has 16 atom stereocenters.